The number of hydrogen-bond acceptors (Lipinski definition) is 6. The number of sulfonamides is 1. The molecule has 9 nitrogen and oxygen atoms in total. The number of amides is 2. The van der Waals surface area contributed by atoms with E-state index in [2.05, 4.69) is 5.32 Å². The van der Waals surface area contributed by atoms with Gasteiger partial charge in [0.15, 0.2) is 11.5 Å². The van der Waals surface area contributed by atoms with Crippen LogP contribution in [0.25, 0.3) is 0 Å². The molecule has 2 aromatic rings. The van der Waals surface area contributed by atoms with E-state index >= 15 is 0 Å². The quantitative estimate of drug-likeness (QED) is 0.433. The molecule has 1 unspecified atom stereocenters. The maximum Gasteiger partial charge on any atom is 0.242 e. The number of nitrogens with zero attached hydrogens (tertiary/aromatic N) is 2. The molecule has 1 N–H and O–H groups in total. The Morgan fingerprint density at radius 3 is 2.41 bits per heavy atom. The van der Waals surface area contributed by atoms with Crippen molar-refractivity contribution in [1.29, 1.82) is 0 Å². The molecule has 1 aliphatic heterocycles. The number of benzene rings is 2. The van der Waals surface area contributed by atoms with Crippen molar-refractivity contribution in [2.45, 2.75) is 52.2 Å². The standard InChI is InChI=1S/C25H31Cl2N3O6S/c1-16(2)28-25(32)17(3)29(14-18-7-8-19(26)12-21(18)27)24(31)6-5-11-30(37(4,33)34)20-9-10-22-23(13-20)36-15-35-22/h7-10,12-13,16-17H,5-6,11,14-15H2,1-4H3,(H,28,32). The monoisotopic (exact) mass is 571 g/mol. The molecule has 1 atom stereocenters. The normalized spacial score (nSPS) is 13.4. The smallest absolute Gasteiger partial charge is 0.242 e. The minimum atomic E-state index is -3.64. The predicted octanol–water partition coefficient (Wildman–Crippen LogP) is 4.21. The zero-order chi connectivity index (χ0) is 27.3. The van der Waals surface area contributed by atoms with E-state index in [-0.39, 0.29) is 50.6 Å². The molecule has 1 aliphatic rings. The van der Waals surface area contributed by atoms with Crippen molar-refractivity contribution in [2.24, 2.45) is 0 Å². The Hall–Kier alpha value is -2.69. The van der Waals surface area contributed by atoms with Crippen molar-refractivity contribution in [2.75, 3.05) is 23.9 Å². The van der Waals surface area contributed by atoms with Crippen LogP contribution in [0, 0.1) is 0 Å². The molecule has 37 heavy (non-hydrogen) atoms. The summed E-state index contributed by atoms with van der Waals surface area (Å²) in [5.74, 6) is 0.388. The maximum atomic E-state index is 13.4. The third kappa shape index (κ3) is 7.66. The fraction of sp³-hybridized carbons (Fsp3) is 0.440. The van der Waals surface area contributed by atoms with E-state index < -0.39 is 16.1 Å². The topological polar surface area (TPSA) is 105 Å². The van der Waals surface area contributed by atoms with Gasteiger partial charge in [0.05, 0.1) is 11.9 Å². The Bertz CT molecular complexity index is 1250. The lowest BCUT2D eigenvalue weighted by molar-refractivity contribution is -0.140. The van der Waals surface area contributed by atoms with E-state index in [0.29, 0.717) is 32.8 Å². The van der Waals surface area contributed by atoms with Crippen molar-refractivity contribution in [3.05, 3.63) is 52.0 Å². The molecule has 0 aromatic heterocycles. The molecule has 0 fully saturated rings. The van der Waals surface area contributed by atoms with Crippen molar-refractivity contribution >= 4 is 50.7 Å². The molecule has 2 aromatic carbocycles. The van der Waals surface area contributed by atoms with E-state index in [9.17, 15) is 18.0 Å². The largest absolute Gasteiger partial charge is 0.454 e. The molecule has 0 aliphatic carbocycles. The number of fused-ring (bicyclic) bond motifs is 1. The summed E-state index contributed by atoms with van der Waals surface area (Å²) in [6.07, 6.45) is 1.34. The Balaban J connectivity index is 1.75. The fourth-order valence-corrected chi connectivity index (χ4v) is 5.29. The van der Waals surface area contributed by atoms with Gasteiger partial charge in [-0.1, -0.05) is 29.3 Å². The first-order valence-corrected chi connectivity index (χ1v) is 14.4. The van der Waals surface area contributed by atoms with E-state index in [1.165, 1.54) is 9.21 Å². The molecule has 0 spiro atoms. The van der Waals surface area contributed by atoms with Crippen molar-refractivity contribution in [3.8, 4) is 11.5 Å². The van der Waals surface area contributed by atoms with Gasteiger partial charge in [-0.05, 0) is 57.0 Å². The van der Waals surface area contributed by atoms with Crippen LogP contribution in [0.5, 0.6) is 11.5 Å². The maximum absolute atomic E-state index is 13.4. The molecular formula is C25H31Cl2N3O6S. The third-order valence-electron chi connectivity index (χ3n) is 5.75. The summed E-state index contributed by atoms with van der Waals surface area (Å²) in [6, 6.07) is 8.95. The van der Waals surface area contributed by atoms with Gasteiger partial charge in [-0.2, -0.15) is 0 Å². The van der Waals surface area contributed by atoms with Crippen LogP contribution in [-0.2, 0) is 26.2 Å². The van der Waals surface area contributed by atoms with Crippen LogP contribution in [-0.4, -0.2) is 56.8 Å². The van der Waals surface area contributed by atoms with Crippen LogP contribution >= 0.6 is 23.2 Å². The predicted molar refractivity (Wildman–Crippen MR) is 144 cm³/mol. The van der Waals surface area contributed by atoms with Gasteiger partial charge in [0.1, 0.15) is 6.04 Å². The van der Waals surface area contributed by atoms with Gasteiger partial charge in [0.2, 0.25) is 28.6 Å². The lowest BCUT2D eigenvalue weighted by Crippen LogP contribution is -2.49. The van der Waals surface area contributed by atoms with Gasteiger partial charge in [0.25, 0.3) is 0 Å². The highest BCUT2D eigenvalue weighted by molar-refractivity contribution is 7.92. The van der Waals surface area contributed by atoms with Gasteiger partial charge in [0, 0.05) is 41.7 Å². The van der Waals surface area contributed by atoms with Crippen molar-refractivity contribution in [3.63, 3.8) is 0 Å². The minimum Gasteiger partial charge on any atom is -0.454 e. The molecule has 12 heteroatoms. The summed E-state index contributed by atoms with van der Waals surface area (Å²) in [6.45, 7) is 5.55. The SMILES string of the molecule is CC(C)NC(=O)C(C)N(Cc1ccc(Cl)cc1Cl)C(=O)CCCN(c1ccc2c(c1)OCO2)S(C)(=O)=O. The van der Waals surface area contributed by atoms with E-state index in [0.717, 1.165) is 6.26 Å². The van der Waals surface area contributed by atoms with Crippen LogP contribution in [0.1, 0.15) is 39.2 Å². The second-order valence-corrected chi connectivity index (χ2v) is 11.8. The number of hydrogen-bond donors (Lipinski definition) is 1. The summed E-state index contributed by atoms with van der Waals surface area (Å²) < 4.78 is 36.9. The second-order valence-electron chi connectivity index (χ2n) is 9.07. The van der Waals surface area contributed by atoms with E-state index in [4.69, 9.17) is 32.7 Å². The first kappa shape index (κ1) is 28.9. The van der Waals surface area contributed by atoms with Crippen LogP contribution in [0.4, 0.5) is 5.69 Å². The van der Waals surface area contributed by atoms with Gasteiger partial charge >= 0.3 is 0 Å². The Kier molecular flexibility index (Phi) is 9.55. The number of carbonyl (C=O) groups is 2. The highest BCUT2D eigenvalue weighted by Gasteiger charge is 2.28. The number of carbonyl (C=O) groups excluding carboxylic acids is 2. The first-order chi connectivity index (χ1) is 17.4. The number of anilines is 1. The van der Waals surface area contributed by atoms with Crippen molar-refractivity contribution < 1.29 is 27.5 Å². The van der Waals surface area contributed by atoms with Crippen LogP contribution in [0.2, 0.25) is 10.0 Å². The van der Waals surface area contributed by atoms with Gasteiger partial charge < -0.3 is 19.7 Å². The molecule has 2 amide bonds. The summed E-state index contributed by atoms with van der Waals surface area (Å²) in [5, 5.41) is 3.67. The second kappa shape index (κ2) is 12.2. The molecule has 0 saturated heterocycles. The molecule has 0 radical (unpaired) electrons. The molecular weight excluding hydrogens is 541 g/mol. The van der Waals surface area contributed by atoms with Crippen LogP contribution in [0.15, 0.2) is 36.4 Å². The molecule has 0 bridgehead atoms. The number of nitrogens with one attached hydrogen (secondary N) is 1. The highest BCUT2D eigenvalue weighted by atomic mass is 35.5. The number of rotatable bonds is 11. The summed E-state index contributed by atoms with van der Waals surface area (Å²) in [4.78, 5) is 27.5. The molecule has 0 saturated carbocycles. The number of ether oxygens (including phenoxy) is 2. The van der Waals surface area contributed by atoms with E-state index in [1.54, 1.807) is 43.3 Å². The van der Waals surface area contributed by atoms with Gasteiger partial charge in [-0.15, -0.1) is 0 Å². The van der Waals surface area contributed by atoms with Crippen LogP contribution in [0.3, 0.4) is 0 Å². The molecule has 1 heterocycles. The lowest BCUT2D eigenvalue weighted by Gasteiger charge is -2.30. The van der Waals surface area contributed by atoms with Crippen molar-refractivity contribution in [1.82, 2.24) is 10.2 Å². The average Bonchev–Trinajstić information content (AvgIpc) is 3.27. The Morgan fingerprint density at radius 1 is 1.05 bits per heavy atom. The summed E-state index contributed by atoms with van der Waals surface area (Å²) >= 11 is 12.3. The first-order valence-electron chi connectivity index (χ1n) is 11.8. The summed E-state index contributed by atoms with van der Waals surface area (Å²) in [7, 11) is -3.64. The van der Waals surface area contributed by atoms with E-state index in [1.807, 2.05) is 13.8 Å². The molecule has 202 valence electrons. The minimum absolute atomic E-state index is 0.0150. The lowest BCUT2D eigenvalue weighted by atomic mass is 10.1. The van der Waals surface area contributed by atoms with Gasteiger partial charge in [-0.25, -0.2) is 8.42 Å². The summed E-state index contributed by atoms with van der Waals surface area (Å²) in [5.41, 5.74) is 1.05. The van der Waals surface area contributed by atoms with Gasteiger partial charge in [-0.3, -0.25) is 13.9 Å². The fourth-order valence-electron chi connectivity index (χ4n) is 3.87. The van der Waals surface area contributed by atoms with Crippen LogP contribution < -0.4 is 19.1 Å². The Morgan fingerprint density at radius 2 is 1.76 bits per heavy atom. The average molecular weight is 573 g/mol. The highest BCUT2D eigenvalue weighted by Crippen LogP contribution is 2.36. The number of halogens is 2. The zero-order valence-corrected chi connectivity index (χ0v) is 23.5. The molecule has 3 rings (SSSR count). The Labute approximate surface area is 227 Å². The zero-order valence-electron chi connectivity index (χ0n) is 21.2. The third-order valence-corrected chi connectivity index (χ3v) is 7.53.